The lowest BCUT2D eigenvalue weighted by Gasteiger charge is -2.36. The van der Waals surface area contributed by atoms with Crippen LogP contribution in [-0.4, -0.2) is 45.8 Å². The summed E-state index contributed by atoms with van der Waals surface area (Å²) in [6.07, 6.45) is 6.36. The molecule has 1 N–H and O–H groups in total. The van der Waals surface area contributed by atoms with Crippen LogP contribution in [0.25, 0.3) is 0 Å². The van der Waals surface area contributed by atoms with E-state index in [0.29, 0.717) is 17.8 Å². The van der Waals surface area contributed by atoms with Gasteiger partial charge in [-0.2, -0.15) is 5.10 Å². The molecule has 0 spiro atoms. The van der Waals surface area contributed by atoms with Gasteiger partial charge in [-0.15, -0.1) is 0 Å². The Labute approximate surface area is 154 Å². The fourth-order valence-electron chi connectivity index (χ4n) is 4.20. The van der Waals surface area contributed by atoms with Gasteiger partial charge in [0.25, 0.3) is 5.91 Å². The van der Waals surface area contributed by atoms with Gasteiger partial charge in [-0.05, 0) is 57.4 Å². The molecule has 2 saturated heterocycles. The molecule has 4 rings (SSSR count). The van der Waals surface area contributed by atoms with Gasteiger partial charge >= 0.3 is 0 Å². The summed E-state index contributed by atoms with van der Waals surface area (Å²) in [5.41, 5.74) is 1.53. The van der Waals surface area contributed by atoms with Gasteiger partial charge in [0.05, 0.1) is 0 Å². The number of nitrogens with one attached hydrogen (secondary N) is 1. The summed E-state index contributed by atoms with van der Waals surface area (Å²) >= 11 is 0. The van der Waals surface area contributed by atoms with Crippen molar-refractivity contribution >= 4 is 5.91 Å². The molecule has 0 aliphatic carbocycles. The van der Waals surface area contributed by atoms with Crippen LogP contribution in [0.15, 0.2) is 36.5 Å². The van der Waals surface area contributed by atoms with E-state index in [9.17, 15) is 4.79 Å². The highest BCUT2D eigenvalue weighted by atomic mass is 16.5. The van der Waals surface area contributed by atoms with Crippen molar-refractivity contribution in [3.8, 4) is 5.75 Å². The predicted molar refractivity (Wildman–Crippen MR) is 99.1 cm³/mol. The second-order valence-corrected chi connectivity index (χ2v) is 7.47. The van der Waals surface area contributed by atoms with Crippen LogP contribution in [-0.2, 0) is 6.73 Å². The number of carbonyl (C=O) groups excluding carboxylic acids is 1. The lowest BCUT2D eigenvalue weighted by molar-refractivity contribution is 0.0875. The van der Waals surface area contributed by atoms with Crippen molar-refractivity contribution in [1.82, 2.24) is 20.0 Å². The summed E-state index contributed by atoms with van der Waals surface area (Å²) in [5.74, 6) is 0.740. The van der Waals surface area contributed by atoms with Crippen molar-refractivity contribution in [3.05, 3.63) is 47.8 Å². The van der Waals surface area contributed by atoms with Crippen molar-refractivity contribution in [1.29, 1.82) is 0 Å². The van der Waals surface area contributed by atoms with Crippen LogP contribution in [0.3, 0.4) is 0 Å². The molecule has 6 nitrogen and oxygen atoms in total. The molecule has 1 amide bonds. The summed E-state index contributed by atoms with van der Waals surface area (Å²) < 4.78 is 7.43. The minimum atomic E-state index is -0.0893. The number of hydrogen-bond acceptors (Lipinski definition) is 4. The maximum atomic E-state index is 12.5. The first kappa shape index (κ1) is 17.1. The largest absolute Gasteiger partial charge is 0.471 e. The van der Waals surface area contributed by atoms with Gasteiger partial charge in [0.2, 0.25) is 0 Å². The number of nitrogens with zero attached hydrogens (tertiary/aromatic N) is 3. The first-order valence-electron chi connectivity index (χ1n) is 9.35. The molecule has 1 aromatic carbocycles. The highest BCUT2D eigenvalue weighted by molar-refractivity contribution is 5.92. The third-order valence-electron chi connectivity index (χ3n) is 5.75. The van der Waals surface area contributed by atoms with Gasteiger partial charge in [-0.25, -0.2) is 4.68 Å². The molecule has 1 aromatic heterocycles. The average molecular weight is 354 g/mol. The van der Waals surface area contributed by atoms with Crippen LogP contribution in [0.2, 0.25) is 0 Å². The third-order valence-corrected chi connectivity index (χ3v) is 5.75. The zero-order chi connectivity index (χ0) is 18.1. The minimum Gasteiger partial charge on any atom is -0.471 e. The molecule has 2 aliphatic heterocycles. The van der Waals surface area contributed by atoms with E-state index < -0.39 is 0 Å². The van der Waals surface area contributed by atoms with Crippen molar-refractivity contribution in [2.24, 2.45) is 0 Å². The van der Waals surface area contributed by atoms with Crippen molar-refractivity contribution in [2.45, 2.75) is 57.5 Å². The van der Waals surface area contributed by atoms with E-state index in [-0.39, 0.29) is 18.7 Å². The van der Waals surface area contributed by atoms with Crippen molar-refractivity contribution in [2.75, 3.05) is 7.05 Å². The molecule has 0 saturated carbocycles. The highest BCUT2D eigenvalue weighted by Gasteiger charge is 2.38. The van der Waals surface area contributed by atoms with Gasteiger partial charge in [0.1, 0.15) is 11.4 Å². The predicted octanol–water partition coefficient (Wildman–Crippen LogP) is 2.58. The molecule has 2 bridgehead atoms. The fourth-order valence-corrected chi connectivity index (χ4v) is 4.20. The molecule has 2 fully saturated rings. The van der Waals surface area contributed by atoms with Crippen LogP contribution in [0.5, 0.6) is 5.75 Å². The second kappa shape index (κ2) is 7.11. The number of aromatic nitrogens is 2. The Kier molecular flexibility index (Phi) is 4.68. The first-order chi connectivity index (χ1) is 12.6. The normalized spacial score (nSPS) is 25.2. The quantitative estimate of drug-likeness (QED) is 0.897. The molecule has 3 heterocycles. The topological polar surface area (TPSA) is 59.4 Å². The minimum absolute atomic E-state index is 0.0893. The number of amides is 1. The monoisotopic (exact) mass is 354 g/mol. The van der Waals surface area contributed by atoms with Gasteiger partial charge in [0, 0.05) is 24.3 Å². The molecule has 2 unspecified atom stereocenters. The Balaban J connectivity index is 1.33. The van der Waals surface area contributed by atoms with Gasteiger partial charge in [-0.3, -0.25) is 4.79 Å². The van der Waals surface area contributed by atoms with Crippen molar-refractivity contribution in [3.63, 3.8) is 0 Å². The van der Waals surface area contributed by atoms with E-state index in [1.54, 1.807) is 16.9 Å². The SMILES string of the molecule is Cc1ccccc1OCn1ccc(C(=O)NC2CC3CCC(C2)N3C)n1. The number of hydrogen-bond donors (Lipinski definition) is 1. The summed E-state index contributed by atoms with van der Waals surface area (Å²) in [6, 6.07) is 11.1. The molecular formula is C20H26N4O2. The molecule has 138 valence electrons. The van der Waals surface area contributed by atoms with Crippen molar-refractivity contribution < 1.29 is 9.53 Å². The number of benzene rings is 1. The molecular weight excluding hydrogens is 328 g/mol. The molecule has 0 radical (unpaired) electrons. The fraction of sp³-hybridized carbons (Fsp3) is 0.500. The van der Waals surface area contributed by atoms with E-state index >= 15 is 0 Å². The van der Waals surface area contributed by atoms with Gasteiger partial charge < -0.3 is 15.0 Å². The Morgan fingerprint density at radius 3 is 2.69 bits per heavy atom. The Bertz CT molecular complexity index is 774. The Morgan fingerprint density at radius 2 is 1.96 bits per heavy atom. The van der Waals surface area contributed by atoms with Crippen LogP contribution < -0.4 is 10.1 Å². The number of aryl methyl sites for hydroxylation is 1. The number of carbonyl (C=O) groups is 1. The number of ether oxygens (including phenoxy) is 1. The van der Waals surface area contributed by atoms with E-state index in [4.69, 9.17) is 4.74 Å². The number of rotatable bonds is 5. The molecule has 2 atom stereocenters. The second-order valence-electron chi connectivity index (χ2n) is 7.47. The van der Waals surface area contributed by atoms with E-state index in [0.717, 1.165) is 24.2 Å². The lowest BCUT2D eigenvalue weighted by Crippen LogP contribution is -2.48. The number of para-hydroxylation sites is 1. The maximum absolute atomic E-state index is 12.5. The number of fused-ring (bicyclic) bond motifs is 2. The zero-order valence-electron chi connectivity index (χ0n) is 15.4. The maximum Gasteiger partial charge on any atom is 0.271 e. The Hall–Kier alpha value is -2.34. The van der Waals surface area contributed by atoms with Crippen LogP contribution >= 0.6 is 0 Å². The summed E-state index contributed by atoms with van der Waals surface area (Å²) in [4.78, 5) is 15.0. The van der Waals surface area contributed by atoms with E-state index in [1.165, 1.54) is 12.8 Å². The van der Waals surface area contributed by atoms with Crippen LogP contribution in [0, 0.1) is 6.92 Å². The van der Waals surface area contributed by atoms with Crippen LogP contribution in [0.1, 0.15) is 41.7 Å². The third kappa shape index (κ3) is 3.46. The summed E-state index contributed by atoms with van der Waals surface area (Å²) in [6.45, 7) is 2.29. The standard InChI is InChI=1S/C20H26N4O2/c1-14-5-3-4-6-19(14)26-13-24-10-9-18(22-24)20(25)21-15-11-16-7-8-17(12-15)23(16)2/h3-6,9-10,15-17H,7-8,11-13H2,1-2H3,(H,21,25). The Morgan fingerprint density at radius 1 is 1.23 bits per heavy atom. The summed E-state index contributed by atoms with van der Waals surface area (Å²) in [5, 5.41) is 7.53. The zero-order valence-corrected chi connectivity index (χ0v) is 15.4. The van der Waals surface area contributed by atoms with E-state index in [2.05, 4.69) is 22.4 Å². The van der Waals surface area contributed by atoms with Gasteiger partial charge in [0.15, 0.2) is 6.73 Å². The smallest absolute Gasteiger partial charge is 0.271 e. The van der Waals surface area contributed by atoms with Gasteiger partial charge in [-0.1, -0.05) is 18.2 Å². The average Bonchev–Trinajstić information content (AvgIpc) is 3.16. The first-order valence-corrected chi connectivity index (χ1v) is 9.35. The summed E-state index contributed by atoms with van der Waals surface area (Å²) in [7, 11) is 2.20. The lowest BCUT2D eigenvalue weighted by atomic mass is 9.98. The van der Waals surface area contributed by atoms with Crippen LogP contribution in [0.4, 0.5) is 0 Å². The van der Waals surface area contributed by atoms with E-state index in [1.807, 2.05) is 31.2 Å². The molecule has 6 heteroatoms. The molecule has 2 aromatic rings. The molecule has 26 heavy (non-hydrogen) atoms. The highest BCUT2D eigenvalue weighted by Crippen LogP contribution is 2.34. The number of piperidine rings is 1. The molecule has 2 aliphatic rings.